The molecule has 0 aliphatic carbocycles. The molecule has 0 aromatic heterocycles. The van der Waals surface area contributed by atoms with Crippen LogP contribution < -0.4 is 10.6 Å². The lowest BCUT2D eigenvalue weighted by Crippen LogP contribution is -2.45. The number of ether oxygens (including phenoxy) is 1. The number of methoxy groups -OCH3 is 1. The number of carbonyl (C=O) groups excluding carboxylic acids is 2. The third kappa shape index (κ3) is 4.55. The zero-order chi connectivity index (χ0) is 15.1. The first-order valence-electron chi connectivity index (χ1n) is 5.76. The molecule has 20 heavy (non-hydrogen) atoms. The molecule has 0 saturated heterocycles. The van der Waals surface area contributed by atoms with E-state index in [0.29, 0.717) is 11.3 Å². The summed E-state index contributed by atoms with van der Waals surface area (Å²) < 4.78 is 5.41. The fourth-order valence-electron chi connectivity index (χ4n) is 1.55. The van der Waals surface area contributed by atoms with Gasteiger partial charge in [-0.25, -0.2) is 4.79 Å². The molecule has 1 atom stereocenters. The van der Waals surface area contributed by atoms with E-state index in [4.69, 9.17) is 5.26 Å². The van der Waals surface area contributed by atoms with Crippen LogP contribution in [0.1, 0.15) is 12.5 Å². The molecule has 0 radical (unpaired) electrons. The van der Waals surface area contributed by atoms with Gasteiger partial charge >= 0.3 is 5.97 Å². The predicted molar refractivity (Wildman–Crippen MR) is 77.0 cm³/mol. The van der Waals surface area contributed by atoms with Crippen LogP contribution in [0.3, 0.4) is 0 Å². The van der Waals surface area contributed by atoms with Crippen LogP contribution in [-0.4, -0.2) is 31.6 Å². The van der Waals surface area contributed by atoms with E-state index in [1.54, 1.807) is 18.2 Å². The standard InChI is InChI=1S/C13H14BrN3O3/c1-8(18)17-12(13(19)20-2)7-16-11-5-10(14)4-3-9(11)6-15/h3-5,12,16H,7H2,1-2H3,(H,17,18). The minimum absolute atomic E-state index is 0.122. The Morgan fingerprint density at radius 3 is 2.75 bits per heavy atom. The predicted octanol–water partition coefficient (Wildman–Crippen LogP) is 1.41. The summed E-state index contributed by atoms with van der Waals surface area (Å²) in [4.78, 5) is 22.6. The molecule has 0 aliphatic heterocycles. The van der Waals surface area contributed by atoms with Crippen LogP contribution in [0.2, 0.25) is 0 Å². The third-order valence-corrected chi connectivity index (χ3v) is 2.96. The van der Waals surface area contributed by atoms with E-state index in [9.17, 15) is 9.59 Å². The van der Waals surface area contributed by atoms with Crippen LogP contribution in [0.4, 0.5) is 5.69 Å². The highest BCUT2D eigenvalue weighted by Crippen LogP contribution is 2.20. The number of carbonyl (C=O) groups is 2. The molecular formula is C13H14BrN3O3. The van der Waals surface area contributed by atoms with Crippen LogP contribution in [0, 0.1) is 11.3 Å². The van der Waals surface area contributed by atoms with Crippen LogP contribution in [0.25, 0.3) is 0 Å². The summed E-state index contributed by atoms with van der Waals surface area (Å²) in [7, 11) is 1.25. The Labute approximate surface area is 125 Å². The number of hydrogen-bond acceptors (Lipinski definition) is 5. The quantitative estimate of drug-likeness (QED) is 0.791. The number of halogens is 1. The molecule has 0 spiro atoms. The summed E-state index contributed by atoms with van der Waals surface area (Å²) in [6.45, 7) is 1.44. The number of esters is 1. The second kappa shape index (κ2) is 7.50. The van der Waals surface area contributed by atoms with Gasteiger partial charge in [0.25, 0.3) is 0 Å². The Bertz CT molecular complexity index is 554. The van der Waals surface area contributed by atoms with Gasteiger partial charge in [-0.15, -0.1) is 0 Å². The molecule has 1 rings (SSSR count). The number of rotatable bonds is 5. The zero-order valence-electron chi connectivity index (χ0n) is 11.1. The van der Waals surface area contributed by atoms with Crippen LogP contribution in [-0.2, 0) is 14.3 Å². The molecule has 106 valence electrons. The van der Waals surface area contributed by atoms with E-state index in [1.807, 2.05) is 6.07 Å². The van der Waals surface area contributed by atoms with Gasteiger partial charge in [0.05, 0.1) is 18.4 Å². The summed E-state index contributed by atoms with van der Waals surface area (Å²) in [6, 6.07) is 6.35. The smallest absolute Gasteiger partial charge is 0.330 e. The number of nitrogens with one attached hydrogen (secondary N) is 2. The molecule has 0 aliphatic rings. The summed E-state index contributed by atoms with van der Waals surface area (Å²) in [5, 5.41) is 14.4. The van der Waals surface area contributed by atoms with Crippen molar-refractivity contribution in [1.82, 2.24) is 5.32 Å². The van der Waals surface area contributed by atoms with Crippen molar-refractivity contribution < 1.29 is 14.3 Å². The number of nitrogens with zero attached hydrogens (tertiary/aromatic N) is 1. The summed E-state index contributed by atoms with van der Waals surface area (Å²) in [5.41, 5.74) is 1.01. The molecule has 2 N–H and O–H groups in total. The summed E-state index contributed by atoms with van der Waals surface area (Å²) in [5.74, 6) is -0.891. The highest BCUT2D eigenvalue weighted by molar-refractivity contribution is 9.10. The Kier molecular flexibility index (Phi) is 6.00. The van der Waals surface area contributed by atoms with Crippen molar-refractivity contribution in [2.24, 2.45) is 0 Å². The highest BCUT2D eigenvalue weighted by atomic mass is 79.9. The van der Waals surface area contributed by atoms with Crippen molar-refractivity contribution in [2.45, 2.75) is 13.0 Å². The fraction of sp³-hybridized carbons (Fsp3) is 0.308. The molecule has 0 heterocycles. The zero-order valence-corrected chi connectivity index (χ0v) is 12.7. The molecule has 1 aromatic carbocycles. The van der Waals surface area contributed by atoms with E-state index in [1.165, 1.54) is 14.0 Å². The second-order valence-corrected chi connectivity index (χ2v) is 4.87. The molecule has 1 unspecified atom stereocenters. The lowest BCUT2D eigenvalue weighted by molar-refractivity contribution is -0.144. The van der Waals surface area contributed by atoms with Gasteiger partial charge in [0.15, 0.2) is 0 Å². The maximum absolute atomic E-state index is 11.5. The molecular weight excluding hydrogens is 326 g/mol. The molecule has 6 nitrogen and oxygen atoms in total. The van der Waals surface area contributed by atoms with Gasteiger partial charge in [0.2, 0.25) is 5.91 Å². The first kappa shape index (κ1) is 16.0. The normalized spacial score (nSPS) is 11.1. The van der Waals surface area contributed by atoms with Crippen LogP contribution >= 0.6 is 15.9 Å². The number of anilines is 1. The first-order chi connectivity index (χ1) is 9.47. The average Bonchev–Trinajstić information content (AvgIpc) is 2.42. The minimum atomic E-state index is -0.817. The molecule has 7 heteroatoms. The Balaban J connectivity index is 2.82. The Hall–Kier alpha value is -2.07. The minimum Gasteiger partial charge on any atom is -0.467 e. The van der Waals surface area contributed by atoms with Gasteiger partial charge in [-0.2, -0.15) is 5.26 Å². The van der Waals surface area contributed by atoms with Gasteiger partial charge in [-0.05, 0) is 18.2 Å². The molecule has 1 aromatic rings. The van der Waals surface area contributed by atoms with Gasteiger partial charge in [-0.3, -0.25) is 4.79 Å². The van der Waals surface area contributed by atoms with Gasteiger partial charge in [0, 0.05) is 17.9 Å². The van der Waals surface area contributed by atoms with E-state index in [-0.39, 0.29) is 12.5 Å². The van der Waals surface area contributed by atoms with Gasteiger partial charge in [0.1, 0.15) is 12.1 Å². The SMILES string of the molecule is COC(=O)C(CNc1cc(Br)ccc1C#N)NC(C)=O. The lowest BCUT2D eigenvalue weighted by atomic mass is 10.2. The summed E-state index contributed by atoms with van der Waals surface area (Å²) in [6.07, 6.45) is 0. The lowest BCUT2D eigenvalue weighted by Gasteiger charge is -2.17. The molecule has 0 saturated carbocycles. The topological polar surface area (TPSA) is 91.2 Å². The van der Waals surface area contributed by atoms with Crippen LogP contribution in [0.15, 0.2) is 22.7 Å². The highest BCUT2D eigenvalue weighted by Gasteiger charge is 2.20. The maximum atomic E-state index is 11.5. The second-order valence-electron chi connectivity index (χ2n) is 3.96. The van der Waals surface area contributed by atoms with E-state index in [0.717, 1.165) is 4.47 Å². The van der Waals surface area contributed by atoms with Crippen molar-refractivity contribution >= 4 is 33.5 Å². The van der Waals surface area contributed by atoms with Gasteiger partial charge < -0.3 is 15.4 Å². The molecule has 1 amide bonds. The van der Waals surface area contributed by atoms with Crippen molar-refractivity contribution in [3.05, 3.63) is 28.2 Å². The van der Waals surface area contributed by atoms with E-state index in [2.05, 4.69) is 31.3 Å². The number of amides is 1. The van der Waals surface area contributed by atoms with Crippen molar-refractivity contribution in [1.29, 1.82) is 5.26 Å². The Morgan fingerprint density at radius 1 is 1.50 bits per heavy atom. The third-order valence-electron chi connectivity index (χ3n) is 2.46. The molecule has 0 fully saturated rings. The monoisotopic (exact) mass is 339 g/mol. The number of hydrogen-bond donors (Lipinski definition) is 2. The number of nitriles is 1. The molecule has 0 bridgehead atoms. The maximum Gasteiger partial charge on any atom is 0.330 e. The Morgan fingerprint density at radius 2 is 2.20 bits per heavy atom. The van der Waals surface area contributed by atoms with Gasteiger partial charge in [-0.1, -0.05) is 15.9 Å². The van der Waals surface area contributed by atoms with E-state index < -0.39 is 12.0 Å². The average molecular weight is 340 g/mol. The summed E-state index contributed by atoms with van der Waals surface area (Å²) >= 11 is 3.30. The first-order valence-corrected chi connectivity index (χ1v) is 6.55. The fourth-order valence-corrected chi connectivity index (χ4v) is 1.91. The largest absolute Gasteiger partial charge is 0.467 e. The van der Waals surface area contributed by atoms with Crippen molar-refractivity contribution in [3.63, 3.8) is 0 Å². The van der Waals surface area contributed by atoms with Crippen molar-refractivity contribution in [3.8, 4) is 6.07 Å². The number of benzene rings is 1. The van der Waals surface area contributed by atoms with Crippen molar-refractivity contribution in [2.75, 3.05) is 19.0 Å². The van der Waals surface area contributed by atoms with E-state index >= 15 is 0 Å². The van der Waals surface area contributed by atoms with Crippen LogP contribution in [0.5, 0.6) is 0 Å².